The first-order valence-corrected chi connectivity index (χ1v) is 8.49. The average molecular weight is 267 g/mol. The van der Waals surface area contributed by atoms with Crippen molar-refractivity contribution in [2.45, 2.75) is 58.1 Å². The molecule has 1 aromatic rings. The lowest BCUT2D eigenvalue weighted by Crippen LogP contribution is -2.12. The Hall–Kier alpha value is -0.410. The number of rotatable bonds is 6. The number of aliphatic hydroxyl groups excluding tert-OH is 1. The first-order valence-electron chi connectivity index (χ1n) is 7.10. The molecule has 0 amide bonds. The third-order valence-electron chi connectivity index (χ3n) is 3.93. The van der Waals surface area contributed by atoms with Gasteiger partial charge in [-0.15, -0.1) is 0 Å². The van der Waals surface area contributed by atoms with Gasteiger partial charge in [-0.1, -0.05) is 6.42 Å². The number of nitrogens with zero attached hydrogens (tertiary/aromatic N) is 1. The van der Waals surface area contributed by atoms with Crippen molar-refractivity contribution in [2.24, 2.45) is 0 Å². The zero-order chi connectivity index (χ0) is 13.0. The SMILES string of the molecule is CSCCCCCn1c(C)cc2c1CCCC2O. The topological polar surface area (TPSA) is 25.2 Å². The maximum absolute atomic E-state index is 10.0. The smallest absolute Gasteiger partial charge is 0.0807 e. The first-order chi connectivity index (χ1) is 8.74. The number of aliphatic hydroxyl groups is 1. The minimum Gasteiger partial charge on any atom is -0.388 e. The van der Waals surface area contributed by atoms with Gasteiger partial charge in [0.05, 0.1) is 6.10 Å². The molecule has 0 radical (unpaired) electrons. The monoisotopic (exact) mass is 267 g/mol. The highest BCUT2D eigenvalue weighted by Gasteiger charge is 2.22. The normalized spacial score (nSPS) is 18.9. The summed E-state index contributed by atoms with van der Waals surface area (Å²) in [6.07, 6.45) is 9.07. The van der Waals surface area contributed by atoms with Crippen molar-refractivity contribution < 1.29 is 5.11 Å². The Balaban J connectivity index is 1.96. The van der Waals surface area contributed by atoms with Gasteiger partial charge >= 0.3 is 0 Å². The lowest BCUT2D eigenvalue weighted by molar-refractivity contribution is 0.155. The van der Waals surface area contributed by atoms with Crippen molar-refractivity contribution in [2.75, 3.05) is 12.0 Å². The molecule has 1 aliphatic carbocycles. The summed E-state index contributed by atoms with van der Waals surface area (Å²) in [7, 11) is 0. The third-order valence-corrected chi connectivity index (χ3v) is 4.63. The van der Waals surface area contributed by atoms with E-state index in [1.54, 1.807) is 0 Å². The lowest BCUT2D eigenvalue weighted by Gasteiger charge is -2.20. The number of aryl methyl sites for hydroxylation is 1. The molecule has 2 rings (SSSR count). The molecule has 1 N–H and O–H groups in total. The van der Waals surface area contributed by atoms with Crippen molar-refractivity contribution in [3.05, 3.63) is 23.0 Å². The molecule has 0 aliphatic heterocycles. The van der Waals surface area contributed by atoms with Gasteiger partial charge in [-0.2, -0.15) is 11.8 Å². The second-order valence-corrected chi connectivity index (χ2v) is 6.29. The Kier molecular flexibility index (Phi) is 5.19. The van der Waals surface area contributed by atoms with Crippen LogP contribution in [0.3, 0.4) is 0 Å². The van der Waals surface area contributed by atoms with Gasteiger partial charge in [0, 0.05) is 23.5 Å². The van der Waals surface area contributed by atoms with Crippen molar-refractivity contribution >= 4 is 11.8 Å². The van der Waals surface area contributed by atoms with E-state index in [1.807, 2.05) is 11.8 Å². The van der Waals surface area contributed by atoms with Gasteiger partial charge in [0.2, 0.25) is 0 Å². The standard InChI is InChI=1S/C15H25NOS/c1-12-11-13-14(7-6-8-15(13)17)16(12)9-4-3-5-10-18-2/h11,15,17H,3-10H2,1-2H3. The molecule has 1 atom stereocenters. The van der Waals surface area contributed by atoms with Gasteiger partial charge < -0.3 is 9.67 Å². The van der Waals surface area contributed by atoms with Crippen LogP contribution >= 0.6 is 11.8 Å². The Bertz CT molecular complexity index is 386. The first kappa shape index (κ1) is 14.0. The largest absolute Gasteiger partial charge is 0.388 e. The fourth-order valence-corrected chi connectivity index (χ4v) is 3.44. The number of hydrogen-bond acceptors (Lipinski definition) is 2. The molecule has 102 valence electrons. The predicted molar refractivity (Wildman–Crippen MR) is 79.3 cm³/mol. The number of hydrogen-bond donors (Lipinski definition) is 1. The Morgan fingerprint density at radius 2 is 2.22 bits per heavy atom. The summed E-state index contributed by atoms with van der Waals surface area (Å²) in [4.78, 5) is 0. The molecule has 18 heavy (non-hydrogen) atoms. The number of thioether (sulfide) groups is 1. The molecule has 3 heteroatoms. The van der Waals surface area contributed by atoms with Crippen LogP contribution in [0.1, 0.15) is 55.2 Å². The van der Waals surface area contributed by atoms with Crippen molar-refractivity contribution in [3.8, 4) is 0 Å². The molecule has 1 aromatic heterocycles. The van der Waals surface area contributed by atoms with Crippen LogP contribution < -0.4 is 0 Å². The zero-order valence-corrected chi connectivity index (χ0v) is 12.4. The van der Waals surface area contributed by atoms with E-state index in [0.717, 1.165) is 25.8 Å². The fourth-order valence-electron chi connectivity index (χ4n) is 2.95. The third kappa shape index (κ3) is 3.12. The van der Waals surface area contributed by atoms with E-state index in [1.165, 1.54) is 42.0 Å². The van der Waals surface area contributed by atoms with Crippen LogP contribution in [0.4, 0.5) is 0 Å². The van der Waals surface area contributed by atoms with E-state index in [4.69, 9.17) is 0 Å². The van der Waals surface area contributed by atoms with Crippen LogP contribution in [0, 0.1) is 6.92 Å². The minimum atomic E-state index is -0.217. The van der Waals surface area contributed by atoms with Gasteiger partial charge in [0.1, 0.15) is 0 Å². The van der Waals surface area contributed by atoms with Crippen LogP contribution in [0.2, 0.25) is 0 Å². The van der Waals surface area contributed by atoms with E-state index in [2.05, 4.69) is 23.8 Å². The summed E-state index contributed by atoms with van der Waals surface area (Å²) in [6.45, 7) is 3.30. The summed E-state index contributed by atoms with van der Waals surface area (Å²) in [5, 5.41) is 10.0. The quantitative estimate of drug-likeness (QED) is 0.795. The minimum absolute atomic E-state index is 0.217. The van der Waals surface area contributed by atoms with E-state index < -0.39 is 0 Å². The fraction of sp³-hybridized carbons (Fsp3) is 0.733. The second kappa shape index (κ2) is 6.67. The van der Waals surface area contributed by atoms with Crippen LogP contribution in [-0.4, -0.2) is 21.7 Å². The molecule has 0 saturated carbocycles. The van der Waals surface area contributed by atoms with Crippen molar-refractivity contribution in [1.29, 1.82) is 0 Å². The average Bonchev–Trinajstić information content (AvgIpc) is 2.68. The van der Waals surface area contributed by atoms with Crippen LogP contribution in [-0.2, 0) is 13.0 Å². The second-order valence-electron chi connectivity index (χ2n) is 5.30. The van der Waals surface area contributed by atoms with Crippen LogP contribution in [0.5, 0.6) is 0 Å². The van der Waals surface area contributed by atoms with E-state index in [9.17, 15) is 5.11 Å². The molecular weight excluding hydrogens is 242 g/mol. The van der Waals surface area contributed by atoms with E-state index in [0.29, 0.717) is 0 Å². The Labute approximate surface area is 115 Å². The van der Waals surface area contributed by atoms with Gasteiger partial charge in [-0.3, -0.25) is 0 Å². The maximum Gasteiger partial charge on any atom is 0.0807 e. The molecule has 0 fully saturated rings. The van der Waals surface area contributed by atoms with E-state index in [-0.39, 0.29) is 6.10 Å². The molecular formula is C15H25NOS. The number of aromatic nitrogens is 1. The molecule has 1 heterocycles. The highest BCUT2D eigenvalue weighted by atomic mass is 32.2. The van der Waals surface area contributed by atoms with E-state index >= 15 is 0 Å². The Morgan fingerprint density at radius 3 is 3.00 bits per heavy atom. The predicted octanol–water partition coefficient (Wildman–Crippen LogP) is 3.70. The molecule has 0 bridgehead atoms. The van der Waals surface area contributed by atoms with Gasteiger partial charge in [0.15, 0.2) is 0 Å². The summed E-state index contributed by atoms with van der Waals surface area (Å²) >= 11 is 1.94. The number of unbranched alkanes of at least 4 members (excludes halogenated alkanes) is 2. The van der Waals surface area contributed by atoms with Crippen molar-refractivity contribution in [3.63, 3.8) is 0 Å². The van der Waals surface area contributed by atoms with Gasteiger partial charge in [0.25, 0.3) is 0 Å². The summed E-state index contributed by atoms with van der Waals surface area (Å²) < 4.78 is 2.44. The molecule has 0 aromatic carbocycles. The summed E-state index contributed by atoms with van der Waals surface area (Å²) in [5.41, 5.74) is 3.92. The maximum atomic E-state index is 10.0. The zero-order valence-electron chi connectivity index (χ0n) is 11.6. The molecule has 2 nitrogen and oxygen atoms in total. The van der Waals surface area contributed by atoms with Gasteiger partial charge in [-0.05, 0) is 57.1 Å². The van der Waals surface area contributed by atoms with Crippen molar-refractivity contribution in [1.82, 2.24) is 4.57 Å². The molecule has 1 unspecified atom stereocenters. The van der Waals surface area contributed by atoms with Crippen LogP contribution in [0.15, 0.2) is 6.07 Å². The highest BCUT2D eigenvalue weighted by molar-refractivity contribution is 7.98. The lowest BCUT2D eigenvalue weighted by atomic mass is 9.95. The van der Waals surface area contributed by atoms with Crippen LogP contribution in [0.25, 0.3) is 0 Å². The number of fused-ring (bicyclic) bond motifs is 1. The molecule has 0 saturated heterocycles. The summed E-state index contributed by atoms with van der Waals surface area (Å²) in [6, 6.07) is 2.20. The molecule has 0 spiro atoms. The molecule has 1 aliphatic rings. The highest BCUT2D eigenvalue weighted by Crippen LogP contribution is 2.32. The Morgan fingerprint density at radius 1 is 1.39 bits per heavy atom. The van der Waals surface area contributed by atoms with Gasteiger partial charge in [-0.25, -0.2) is 0 Å². The summed E-state index contributed by atoms with van der Waals surface area (Å²) in [5.74, 6) is 1.28.